The van der Waals surface area contributed by atoms with Crippen LogP contribution in [0.3, 0.4) is 0 Å². The summed E-state index contributed by atoms with van der Waals surface area (Å²) in [5.41, 5.74) is 5.63. The van der Waals surface area contributed by atoms with Crippen molar-refractivity contribution >= 4 is 21.8 Å². The van der Waals surface area contributed by atoms with Crippen molar-refractivity contribution in [3.63, 3.8) is 0 Å². The molecule has 0 amide bonds. The van der Waals surface area contributed by atoms with E-state index in [0.29, 0.717) is 0 Å². The van der Waals surface area contributed by atoms with Crippen LogP contribution in [-0.4, -0.2) is 9.13 Å². The zero-order chi connectivity index (χ0) is 18.3. The highest BCUT2D eigenvalue weighted by molar-refractivity contribution is 6.12. The van der Waals surface area contributed by atoms with Gasteiger partial charge in [0.15, 0.2) is 0 Å². The first-order valence-corrected chi connectivity index (χ1v) is 9.31. The number of pyridine rings is 1. The second kappa shape index (κ2) is 6.49. The summed E-state index contributed by atoms with van der Waals surface area (Å²) in [6.07, 6.45) is 2.07. The van der Waals surface area contributed by atoms with E-state index in [1.54, 1.807) is 0 Å². The normalized spacial score (nSPS) is 11.5. The van der Waals surface area contributed by atoms with E-state index < -0.39 is 0 Å². The predicted molar refractivity (Wildman–Crippen MR) is 110 cm³/mol. The SMILES string of the molecule is CCCCn1c(C)c(-c2ccccc2)c2c(c1=O)c1ccccc1n2C. The highest BCUT2D eigenvalue weighted by Gasteiger charge is 2.21. The monoisotopic (exact) mass is 344 g/mol. The summed E-state index contributed by atoms with van der Waals surface area (Å²) in [5.74, 6) is 0. The molecule has 0 spiro atoms. The number of unbranched alkanes of at least 4 members (excludes halogenated alkanes) is 1. The first kappa shape index (κ1) is 16.6. The summed E-state index contributed by atoms with van der Waals surface area (Å²) < 4.78 is 4.15. The summed E-state index contributed by atoms with van der Waals surface area (Å²) in [5, 5.41) is 1.88. The first-order chi connectivity index (χ1) is 12.6. The Morgan fingerprint density at radius 2 is 1.65 bits per heavy atom. The average molecular weight is 344 g/mol. The number of hydrogen-bond donors (Lipinski definition) is 0. The molecule has 0 radical (unpaired) electrons. The molecule has 0 aliphatic rings. The van der Waals surface area contributed by atoms with Crippen LogP contribution in [0.1, 0.15) is 25.5 Å². The molecule has 132 valence electrons. The van der Waals surface area contributed by atoms with Crippen LogP contribution in [0.5, 0.6) is 0 Å². The number of benzene rings is 2. The lowest BCUT2D eigenvalue weighted by molar-refractivity contribution is 0.604. The van der Waals surface area contributed by atoms with E-state index in [2.05, 4.69) is 61.9 Å². The van der Waals surface area contributed by atoms with Gasteiger partial charge in [-0.05, 0) is 25.0 Å². The van der Waals surface area contributed by atoms with Crippen LogP contribution in [-0.2, 0) is 13.6 Å². The van der Waals surface area contributed by atoms with Crippen molar-refractivity contribution in [3.8, 4) is 11.1 Å². The Balaban J connectivity index is 2.22. The van der Waals surface area contributed by atoms with Gasteiger partial charge in [0.1, 0.15) is 0 Å². The molecule has 0 aliphatic heterocycles. The third kappa shape index (κ3) is 2.38. The van der Waals surface area contributed by atoms with E-state index in [-0.39, 0.29) is 5.56 Å². The van der Waals surface area contributed by atoms with Crippen LogP contribution < -0.4 is 5.56 Å². The number of fused-ring (bicyclic) bond motifs is 3. The van der Waals surface area contributed by atoms with Gasteiger partial charge in [-0.2, -0.15) is 0 Å². The predicted octanol–water partition coefficient (Wildman–Crippen LogP) is 5.27. The van der Waals surface area contributed by atoms with E-state index >= 15 is 0 Å². The summed E-state index contributed by atoms with van der Waals surface area (Å²) in [6, 6.07) is 18.6. The Hall–Kier alpha value is -2.81. The quantitative estimate of drug-likeness (QED) is 0.495. The van der Waals surface area contributed by atoms with E-state index in [1.165, 1.54) is 0 Å². The summed E-state index contributed by atoms with van der Waals surface area (Å²) in [6.45, 7) is 5.01. The van der Waals surface area contributed by atoms with Crippen LogP contribution >= 0.6 is 0 Å². The number of nitrogens with zero attached hydrogens (tertiary/aromatic N) is 2. The van der Waals surface area contributed by atoms with Crippen LogP contribution in [0.15, 0.2) is 59.4 Å². The molecule has 0 fully saturated rings. The zero-order valence-corrected chi connectivity index (χ0v) is 15.6. The van der Waals surface area contributed by atoms with Crippen molar-refractivity contribution in [1.82, 2.24) is 9.13 Å². The molecule has 0 aliphatic carbocycles. The van der Waals surface area contributed by atoms with Crippen molar-refractivity contribution in [2.24, 2.45) is 7.05 Å². The molecule has 4 rings (SSSR count). The van der Waals surface area contributed by atoms with Gasteiger partial charge < -0.3 is 9.13 Å². The highest BCUT2D eigenvalue weighted by atomic mass is 16.1. The minimum absolute atomic E-state index is 0.127. The van der Waals surface area contributed by atoms with Gasteiger partial charge >= 0.3 is 0 Å². The molecular formula is C23H24N2O. The average Bonchev–Trinajstić information content (AvgIpc) is 2.96. The Kier molecular flexibility index (Phi) is 4.15. The van der Waals surface area contributed by atoms with Gasteiger partial charge in [-0.15, -0.1) is 0 Å². The lowest BCUT2D eigenvalue weighted by Crippen LogP contribution is -2.23. The molecule has 0 atom stereocenters. The molecule has 0 unspecified atom stereocenters. The largest absolute Gasteiger partial charge is 0.343 e. The second-order valence-corrected chi connectivity index (χ2v) is 6.94. The van der Waals surface area contributed by atoms with Gasteiger partial charge in [0, 0.05) is 35.8 Å². The van der Waals surface area contributed by atoms with E-state index in [4.69, 9.17) is 0 Å². The van der Waals surface area contributed by atoms with Gasteiger partial charge in [-0.25, -0.2) is 0 Å². The smallest absolute Gasteiger partial charge is 0.260 e. The topological polar surface area (TPSA) is 26.9 Å². The Morgan fingerprint density at radius 1 is 0.962 bits per heavy atom. The number of aromatic nitrogens is 2. The fraction of sp³-hybridized carbons (Fsp3) is 0.261. The number of hydrogen-bond acceptors (Lipinski definition) is 1. The van der Waals surface area contributed by atoms with Crippen molar-refractivity contribution in [2.75, 3.05) is 0 Å². The van der Waals surface area contributed by atoms with Crippen LogP contribution in [0.25, 0.3) is 32.9 Å². The summed E-state index contributed by atoms with van der Waals surface area (Å²) in [4.78, 5) is 13.4. The van der Waals surface area contributed by atoms with Crippen LogP contribution in [0, 0.1) is 6.92 Å². The van der Waals surface area contributed by atoms with Gasteiger partial charge in [0.25, 0.3) is 5.56 Å². The first-order valence-electron chi connectivity index (χ1n) is 9.31. The van der Waals surface area contributed by atoms with E-state index in [0.717, 1.165) is 58.0 Å². The van der Waals surface area contributed by atoms with Crippen LogP contribution in [0.4, 0.5) is 0 Å². The lowest BCUT2D eigenvalue weighted by Gasteiger charge is -2.17. The number of rotatable bonds is 4. The molecule has 4 aromatic rings. The number of para-hydroxylation sites is 1. The Morgan fingerprint density at radius 3 is 2.38 bits per heavy atom. The fourth-order valence-electron chi connectivity index (χ4n) is 4.03. The third-order valence-corrected chi connectivity index (χ3v) is 5.37. The van der Waals surface area contributed by atoms with E-state index in [1.807, 2.05) is 22.8 Å². The minimum atomic E-state index is 0.127. The molecule has 2 aromatic heterocycles. The molecule has 0 saturated heterocycles. The van der Waals surface area contributed by atoms with Crippen molar-refractivity contribution in [3.05, 3.63) is 70.6 Å². The molecule has 2 heterocycles. The maximum atomic E-state index is 13.4. The molecule has 0 saturated carbocycles. The van der Waals surface area contributed by atoms with Gasteiger partial charge in [-0.3, -0.25) is 4.79 Å². The molecule has 3 nitrogen and oxygen atoms in total. The van der Waals surface area contributed by atoms with Gasteiger partial charge in [-0.1, -0.05) is 61.9 Å². The van der Waals surface area contributed by atoms with Crippen molar-refractivity contribution in [2.45, 2.75) is 33.2 Å². The zero-order valence-electron chi connectivity index (χ0n) is 15.6. The molecule has 3 heteroatoms. The maximum absolute atomic E-state index is 13.4. The molecular weight excluding hydrogens is 320 g/mol. The van der Waals surface area contributed by atoms with Crippen LogP contribution in [0.2, 0.25) is 0 Å². The highest BCUT2D eigenvalue weighted by Crippen LogP contribution is 2.35. The Labute approximate surface area is 153 Å². The summed E-state index contributed by atoms with van der Waals surface area (Å²) in [7, 11) is 2.06. The molecule has 0 N–H and O–H groups in total. The van der Waals surface area contributed by atoms with Gasteiger partial charge in [0.05, 0.1) is 10.9 Å². The summed E-state index contributed by atoms with van der Waals surface area (Å²) >= 11 is 0. The van der Waals surface area contributed by atoms with Gasteiger partial charge in [0.2, 0.25) is 0 Å². The Bertz CT molecular complexity index is 1150. The maximum Gasteiger partial charge on any atom is 0.260 e. The third-order valence-electron chi connectivity index (χ3n) is 5.37. The van der Waals surface area contributed by atoms with Crippen molar-refractivity contribution < 1.29 is 0 Å². The fourth-order valence-corrected chi connectivity index (χ4v) is 4.03. The molecule has 0 bridgehead atoms. The van der Waals surface area contributed by atoms with Crippen molar-refractivity contribution in [1.29, 1.82) is 0 Å². The standard InChI is InChI=1S/C23H24N2O/c1-4-5-15-25-16(2)20(17-11-7-6-8-12-17)22-21(23(25)26)18-13-9-10-14-19(18)24(22)3/h6-14H,4-5,15H2,1-3H3. The second-order valence-electron chi connectivity index (χ2n) is 6.94. The van der Waals surface area contributed by atoms with E-state index in [9.17, 15) is 4.79 Å². The number of aryl methyl sites for hydroxylation is 1. The molecule has 2 aromatic carbocycles. The molecule has 26 heavy (non-hydrogen) atoms. The minimum Gasteiger partial charge on any atom is -0.343 e. The lowest BCUT2D eigenvalue weighted by atomic mass is 10.0.